The summed E-state index contributed by atoms with van der Waals surface area (Å²) < 4.78 is 14.9. The van der Waals surface area contributed by atoms with Crippen molar-refractivity contribution >= 4 is 11.9 Å². The molecule has 0 atom stereocenters. The fourth-order valence-corrected chi connectivity index (χ4v) is 1.84. The van der Waals surface area contributed by atoms with Gasteiger partial charge in [0.15, 0.2) is 13.2 Å². The maximum Gasteiger partial charge on any atom is 0.303 e. The lowest BCUT2D eigenvalue weighted by Gasteiger charge is -2.08. The second-order valence-corrected chi connectivity index (χ2v) is 4.73. The highest BCUT2D eigenvalue weighted by Gasteiger charge is 2.07. The Morgan fingerprint density at radius 2 is 1.50 bits per heavy atom. The molecule has 0 spiro atoms. The third-order valence-corrected chi connectivity index (χ3v) is 2.95. The Hall–Kier alpha value is -2.92. The van der Waals surface area contributed by atoms with E-state index in [-0.39, 0.29) is 25.2 Å². The molecule has 24 heavy (non-hydrogen) atoms. The van der Waals surface area contributed by atoms with Gasteiger partial charge >= 0.3 is 11.9 Å². The number of ether oxygens (including phenoxy) is 3. The van der Waals surface area contributed by atoms with Gasteiger partial charge in [0, 0.05) is 19.4 Å². The van der Waals surface area contributed by atoms with Gasteiger partial charge < -0.3 is 14.2 Å². The zero-order valence-electron chi connectivity index (χ0n) is 14.3. The molecule has 0 aliphatic carbocycles. The maximum absolute atomic E-state index is 10.7. The highest BCUT2D eigenvalue weighted by Crippen LogP contribution is 2.23. The van der Waals surface area contributed by atoms with Crippen molar-refractivity contribution in [3.8, 4) is 29.4 Å². The topological polar surface area (TPSA) is 61.8 Å². The van der Waals surface area contributed by atoms with Gasteiger partial charge in [-0.25, -0.2) is 0 Å². The number of carbonyl (C=O) groups is 2. The van der Waals surface area contributed by atoms with E-state index in [1.165, 1.54) is 13.8 Å². The summed E-state index contributed by atoms with van der Waals surface area (Å²) in [6, 6.07) is 3.70. The van der Waals surface area contributed by atoms with Crippen LogP contribution in [0.2, 0.25) is 0 Å². The molecule has 0 fully saturated rings. The van der Waals surface area contributed by atoms with E-state index in [9.17, 15) is 9.59 Å². The number of rotatable bonds is 4. The number of benzene rings is 1. The molecular weight excluding hydrogens is 308 g/mol. The first-order chi connectivity index (χ1) is 11.5. The first-order valence-electron chi connectivity index (χ1n) is 7.43. The number of hydrogen-bond donors (Lipinski definition) is 0. The Bertz CT molecular complexity index is 667. The Balaban J connectivity index is 3.07. The van der Waals surface area contributed by atoms with Crippen LogP contribution in [0, 0.1) is 23.7 Å². The molecule has 5 heteroatoms. The molecule has 0 saturated carbocycles. The summed E-state index contributed by atoms with van der Waals surface area (Å²) in [6.45, 7) is 4.73. The molecule has 126 valence electrons. The van der Waals surface area contributed by atoms with Gasteiger partial charge in [0.2, 0.25) is 0 Å². The van der Waals surface area contributed by atoms with Crippen molar-refractivity contribution in [3.05, 3.63) is 28.8 Å². The molecule has 5 nitrogen and oxygen atoms in total. The Morgan fingerprint density at radius 3 is 1.96 bits per heavy atom. The normalized spacial score (nSPS) is 9.00. The Morgan fingerprint density at radius 1 is 0.958 bits per heavy atom. The third kappa shape index (κ3) is 6.46. The van der Waals surface area contributed by atoms with Crippen LogP contribution in [0.1, 0.15) is 37.5 Å². The van der Waals surface area contributed by atoms with Crippen molar-refractivity contribution in [2.75, 3.05) is 20.3 Å². The van der Waals surface area contributed by atoms with E-state index < -0.39 is 0 Å². The van der Waals surface area contributed by atoms with Crippen molar-refractivity contribution in [2.45, 2.75) is 27.2 Å². The predicted molar refractivity (Wildman–Crippen MR) is 89.4 cm³/mol. The first-order valence-corrected chi connectivity index (χ1v) is 7.43. The van der Waals surface area contributed by atoms with E-state index in [0.717, 1.165) is 17.5 Å². The molecule has 0 aliphatic heterocycles. The number of carbonyl (C=O) groups excluding carboxylic acids is 2. The molecular formula is C19H20O5. The number of esters is 2. The van der Waals surface area contributed by atoms with Gasteiger partial charge in [-0.2, -0.15) is 0 Å². The average Bonchev–Trinajstić information content (AvgIpc) is 2.55. The molecule has 0 unspecified atom stereocenters. The van der Waals surface area contributed by atoms with Crippen LogP contribution in [-0.4, -0.2) is 32.3 Å². The van der Waals surface area contributed by atoms with E-state index in [2.05, 4.69) is 23.7 Å². The summed E-state index contributed by atoms with van der Waals surface area (Å²) in [6.07, 6.45) is 0.773. The average molecular weight is 328 g/mol. The molecule has 0 bridgehead atoms. The van der Waals surface area contributed by atoms with Crippen LogP contribution < -0.4 is 4.74 Å². The maximum atomic E-state index is 10.7. The van der Waals surface area contributed by atoms with Gasteiger partial charge in [-0.05, 0) is 24.1 Å². The first kappa shape index (κ1) is 19.1. The summed E-state index contributed by atoms with van der Waals surface area (Å²) in [4.78, 5) is 21.5. The van der Waals surface area contributed by atoms with E-state index in [0.29, 0.717) is 11.3 Å². The molecule has 1 aromatic rings. The van der Waals surface area contributed by atoms with Crippen LogP contribution in [0.25, 0.3) is 0 Å². The second kappa shape index (κ2) is 9.97. The lowest BCUT2D eigenvalue weighted by molar-refractivity contribution is -0.140. The number of hydrogen-bond acceptors (Lipinski definition) is 5. The Labute approximate surface area is 142 Å². The van der Waals surface area contributed by atoms with Gasteiger partial charge in [0.05, 0.1) is 12.7 Å². The zero-order chi connectivity index (χ0) is 17.9. The summed E-state index contributed by atoms with van der Waals surface area (Å²) in [5.74, 6) is 11.3. The molecule has 1 aromatic carbocycles. The second-order valence-electron chi connectivity index (χ2n) is 4.73. The van der Waals surface area contributed by atoms with Gasteiger partial charge in [0.1, 0.15) is 5.75 Å². The summed E-state index contributed by atoms with van der Waals surface area (Å²) in [7, 11) is 1.57. The zero-order valence-corrected chi connectivity index (χ0v) is 14.3. The molecule has 0 radical (unpaired) electrons. The quantitative estimate of drug-likeness (QED) is 0.625. The molecule has 0 amide bonds. The minimum absolute atomic E-state index is 0.0154. The van der Waals surface area contributed by atoms with Crippen LogP contribution in [0.4, 0.5) is 0 Å². The molecule has 1 rings (SSSR count). The van der Waals surface area contributed by atoms with Crippen LogP contribution in [-0.2, 0) is 25.5 Å². The lowest BCUT2D eigenvalue weighted by Crippen LogP contribution is -1.99. The minimum Gasteiger partial charge on any atom is -0.495 e. The van der Waals surface area contributed by atoms with Crippen molar-refractivity contribution in [1.82, 2.24) is 0 Å². The van der Waals surface area contributed by atoms with Gasteiger partial charge in [-0.1, -0.05) is 30.6 Å². The molecule has 0 aromatic heterocycles. The molecule has 0 heterocycles. The largest absolute Gasteiger partial charge is 0.495 e. The van der Waals surface area contributed by atoms with Crippen LogP contribution in [0.15, 0.2) is 12.1 Å². The van der Waals surface area contributed by atoms with Gasteiger partial charge in [0.25, 0.3) is 0 Å². The molecule has 0 saturated heterocycles. The number of methoxy groups -OCH3 is 1. The summed E-state index contributed by atoms with van der Waals surface area (Å²) in [5, 5.41) is 0. The third-order valence-electron chi connectivity index (χ3n) is 2.95. The highest BCUT2D eigenvalue weighted by molar-refractivity contribution is 5.66. The van der Waals surface area contributed by atoms with Gasteiger partial charge in [-0.3, -0.25) is 9.59 Å². The monoisotopic (exact) mass is 328 g/mol. The standard InChI is InChI=1S/C19H20O5/c1-5-16-13-19(22-4)18(9-7-11-24-15(3)21)12-17(16)8-6-10-23-14(2)20/h12-13H,5,10-11H2,1-4H3. The van der Waals surface area contributed by atoms with E-state index in [4.69, 9.17) is 14.2 Å². The SMILES string of the molecule is CCc1cc(OC)c(C#CCOC(C)=O)cc1C#CCOC(C)=O. The molecule has 0 N–H and O–H groups in total. The minimum atomic E-state index is -0.380. The highest BCUT2D eigenvalue weighted by atomic mass is 16.5. The van der Waals surface area contributed by atoms with Crippen LogP contribution in [0.5, 0.6) is 5.75 Å². The molecule has 0 aliphatic rings. The van der Waals surface area contributed by atoms with Gasteiger partial charge in [-0.15, -0.1) is 0 Å². The summed E-state index contributed by atoms with van der Waals surface area (Å²) >= 11 is 0. The van der Waals surface area contributed by atoms with E-state index in [1.54, 1.807) is 7.11 Å². The predicted octanol–water partition coefficient (Wildman–Crippen LogP) is 2.09. The van der Waals surface area contributed by atoms with Crippen LogP contribution in [0.3, 0.4) is 0 Å². The van der Waals surface area contributed by atoms with Crippen molar-refractivity contribution in [2.24, 2.45) is 0 Å². The van der Waals surface area contributed by atoms with Crippen molar-refractivity contribution < 1.29 is 23.8 Å². The fraction of sp³-hybridized carbons (Fsp3) is 0.368. The van der Waals surface area contributed by atoms with E-state index >= 15 is 0 Å². The fourth-order valence-electron chi connectivity index (χ4n) is 1.84. The van der Waals surface area contributed by atoms with Crippen molar-refractivity contribution in [1.29, 1.82) is 0 Å². The Kier molecular flexibility index (Phi) is 7.94. The van der Waals surface area contributed by atoms with Crippen molar-refractivity contribution in [3.63, 3.8) is 0 Å². The van der Waals surface area contributed by atoms with Crippen LogP contribution >= 0.6 is 0 Å². The smallest absolute Gasteiger partial charge is 0.303 e. The summed E-state index contributed by atoms with van der Waals surface area (Å²) in [5.41, 5.74) is 2.45. The lowest BCUT2D eigenvalue weighted by atomic mass is 10.0. The van der Waals surface area contributed by atoms with E-state index in [1.807, 2.05) is 19.1 Å². The number of aryl methyl sites for hydroxylation is 1.